The van der Waals surface area contributed by atoms with Gasteiger partial charge in [-0.25, -0.2) is 0 Å². The maximum atomic E-state index is 6.25. The van der Waals surface area contributed by atoms with E-state index in [4.69, 9.17) is 11.6 Å². The summed E-state index contributed by atoms with van der Waals surface area (Å²) in [6.07, 6.45) is 3.77. The van der Waals surface area contributed by atoms with Crippen molar-refractivity contribution >= 4 is 11.6 Å². The molecule has 0 saturated heterocycles. The smallest absolute Gasteiger partial charge is 0.130 e. The molecule has 1 saturated carbocycles. The summed E-state index contributed by atoms with van der Waals surface area (Å²) in [6.45, 7) is 3.18. The van der Waals surface area contributed by atoms with Gasteiger partial charge in [0, 0.05) is 12.6 Å². The van der Waals surface area contributed by atoms with Crippen LogP contribution in [0.15, 0.2) is 0 Å². The molecule has 0 aliphatic heterocycles. The van der Waals surface area contributed by atoms with Gasteiger partial charge >= 0.3 is 0 Å². The molecule has 4 heteroatoms. The Morgan fingerprint density at radius 3 is 2.56 bits per heavy atom. The van der Waals surface area contributed by atoms with Crippen LogP contribution in [0.25, 0.3) is 0 Å². The molecule has 1 fully saturated rings. The molecule has 1 aromatic heterocycles. The minimum Gasteiger partial charge on any atom is -0.319 e. The number of halogens is 1. The maximum Gasteiger partial charge on any atom is 0.130 e. The van der Waals surface area contributed by atoms with E-state index in [9.17, 15) is 0 Å². The maximum absolute atomic E-state index is 6.25. The third-order valence-electron chi connectivity index (χ3n) is 3.78. The lowest BCUT2D eigenvalue weighted by atomic mass is 9.71. The molecule has 0 spiro atoms. The third kappa shape index (κ3) is 2.11. The monoisotopic (exact) mass is 241 g/mol. The summed E-state index contributed by atoms with van der Waals surface area (Å²) < 4.78 is 1.78. The van der Waals surface area contributed by atoms with Crippen LogP contribution in [0.2, 0.25) is 5.15 Å². The topological polar surface area (TPSA) is 29.9 Å². The molecule has 0 aromatic carbocycles. The molecule has 2 unspecified atom stereocenters. The summed E-state index contributed by atoms with van der Waals surface area (Å²) in [5.74, 6) is 1.61. The van der Waals surface area contributed by atoms with Crippen LogP contribution < -0.4 is 5.32 Å². The highest BCUT2D eigenvalue weighted by molar-refractivity contribution is 6.30. The summed E-state index contributed by atoms with van der Waals surface area (Å²) >= 11 is 6.25. The minimum absolute atomic E-state index is 0.785. The lowest BCUT2D eigenvalue weighted by molar-refractivity contribution is 0.174. The molecule has 1 N–H and O–H groups in total. The van der Waals surface area contributed by atoms with Crippen molar-refractivity contribution in [3.05, 3.63) is 16.4 Å². The Hall–Kier alpha value is -0.540. The van der Waals surface area contributed by atoms with E-state index >= 15 is 0 Å². The Morgan fingerprint density at radius 1 is 1.44 bits per heavy atom. The number of nitrogens with zero attached hydrogens (tertiary/aromatic N) is 2. The van der Waals surface area contributed by atoms with Crippen LogP contribution in [-0.2, 0) is 13.5 Å². The molecule has 0 bridgehead atoms. The van der Waals surface area contributed by atoms with Crippen molar-refractivity contribution in [1.29, 1.82) is 0 Å². The number of hydrogen-bond acceptors (Lipinski definition) is 2. The second-order valence-corrected chi connectivity index (χ2v) is 5.20. The van der Waals surface area contributed by atoms with Crippen LogP contribution in [0.3, 0.4) is 0 Å². The van der Waals surface area contributed by atoms with Gasteiger partial charge in [0.1, 0.15) is 5.15 Å². The van der Waals surface area contributed by atoms with Crippen LogP contribution in [0.4, 0.5) is 0 Å². The van der Waals surface area contributed by atoms with Gasteiger partial charge in [-0.05, 0) is 51.6 Å². The predicted molar refractivity (Wildman–Crippen MR) is 66.8 cm³/mol. The SMILES string of the molecule is CNCC1CCC1Cc1c(C)nn(C)c1Cl. The van der Waals surface area contributed by atoms with Crippen molar-refractivity contribution in [2.45, 2.75) is 26.2 Å². The molecular formula is C12H20ClN3. The summed E-state index contributed by atoms with van der Waals surface area (Å²) in [6, 6.07) is 0. The predicted octanol–water partition coefficient (Wildman–Crippen LogP) is 2.17. The van der Waals surface area contributed by atoms with Crippen molar-refractivity contribution in [2.75, 3.05) is 13.6 Å². The van der Waals surface area contributed by atoms with Crippen molar-refractivity contribution in [3.8, 4) is 0 Å². The Bertz CT molecular complexity index is 373. The van der Waals surface area contributed by atoms with Gasteiger partial charge in [0.2, 0.25) is 0 Å². The van der Waals surface area contributed by atoms with Gasteiger partial charge in [0.25, 0.3) is 0 Å². The van der Waals surface area contributed by atoms with Crippen LogP contribution >= 0.6 is 11.6 Å². The summed E-state index contributed by atoms with van der Waals surface area (Å²) in [7, 11) is 3.93. The van der Waals surface area contributed by atoms with E-state index in [1.165, 1.54) is 18.4 Å². The second kappa shape index (κ2) is 4.76. The Kier molecular flexibility index (Phi) is 3.55. The number of aromatic nitrogens is 2. The fourth-order valence-corrected chi connectivity index (χ4v) is 2.86. The largest absolute Gasteiger partial charge is 0.319 e. The molecule has 0 radical (unpaired) electrons. The zero-order valence-corrected chi connectivity index (χ0v) is 11.0. The highest BCUT2D eigenvalue weighted by Crippen LogP contribution is 2.38. The van der Waals surface area contributed by atoms with Gasteiger partial charge in [-0.1, -0.05) is 11.6 Å². The number of aryl methyl sites for hydroxylation is 2. The fourth-order valence-electron chi connectivity index (χ4n) is 2.61. The molecule has 2 atom stereocenters. The van der Waals surface area contributed by atoms with Crippen LogP contribution in [-0.4, -0.2) is 23.4 Å². The van der Waals surface area contributed by atoms with Crippen molar-refractivity contribution in [3.63, 3.8) is 0 Å². The third-order valence-corrected chi connectivity index (χ3v) is 4.25. The van der Waals surface area contributed by atoms with E-state index in [0.29, 0.717) is 0 Å². The van der Waals surface area contributed by atoms with Gasteiger partial charge in [-0.3, -0.25) is 4.68 Å². The Labute approximate surface area is 102 Å². The number of nitrogens with one attached hydrogen (secondary N) is 1. The normalized spacial score (nSPS) is 24.5. The van der Waals surface area contributed by atoms with E-state index in [0.717, 1.165) is 35.6 Å². The van der Waals surface area contributed by atoms with Crippen molar-refractivity contribution < 1.29 is 0 Å². The minimum atomic E-state index is 0.785. The highest BCUT2D eigenvalue weighted by atomic mass is 35.5. The van der Waals surface area contributed by atoms with Gasteiger partial charge in [0.05, 0.1) is 5.69 Å². The number of hydrogen-bond donors (Lipinski definition) is 1. The Morgan fingerprint density at radius 2 is 2.12 bits per heavy atom. The zero-order chi connectivity index (χ0) is 11.7. The molecule has 1 aliphatic carbocycles. The summed E-state index contributed by atoms with van der Waals surface area (Å²) in [5.41, 5.74) is 2.33. The van der Waals surface area contributed by atoms with Gasteiger partial charge in [-0.15, -0.1) is 0 Å². The fraction of sp³-hybridized carbons (Fsp3) is 0.750. The first-order valence-corrected chi connectivity index (χ1v) is 6.33. The lowest BCUT2D eigenvalue weighted by Crippen LogP contribution is -2.35. The first kappa shape index (κ1) is 11.9. The van der Waals surface area contributed by atoms with Gasteiger partial charge in [0.15, 0.2) is 0 Å². The molecule has 0 amide bonds. The first-order chi connectivity index (χ1) is 7.63. The average molecular weight is 242 g/mol. The summed E-state index contributed by atoms with van der Waals surface area (Å²) in [5, 5.41) is 8.44. The molecule has 1 heterocycles. The molecule has 3 nitrogen and oxygen atoms in total. The van der Waals surface area contributed by atoms with Crippen molar-refractivity contribution in [2.24, 2.45) is 18.9 Å². The van der Waals surface area contributed by atoms with Gasteiger partial charge in [-0.2, -0.15) is 5.10 Å². The van der Waals surface area contributed by atoms with E-state index in [1.807, 2.05) is 21.0 Å². The Balaban J connectivity index is 2.04. The van der Waals surface area contributed by atoms with Crippen LogP contribution in [0.5, 0.6) is 0 Å². The van der Waals surface area contributed by atoms with E-state index in [1.54, 1.807) is 4.68 Å². The molecule has 90 valence electrons. The van der Waals surface area contributed by atoms with Gasteiger partial charge < -0.3 is 5.32 Å². The molecule has 2 rings (SSSR count). The van der Waals surface area contributed by atoms with Crippen LogP contribution in [0, 0.1) is 18.8 Å². The number of rotatable bonds is 4. The van der Waals surface area contributed by atoms with Crippen molar-refractivity contribution in [1.82, 2.24) is 15.1 Å². The summed E-state index contributed by atoms with van der Waals surface area (Å²) in [4.78, 5) is 0. The average Bonchev–Trinajstić information content (AvgIpc) is 2.46. The molecule has 16 heavy (non-hydrogen) atoms. The standard InChI is InChI=1S/C12H20ClN3/c1-8-11(12(13)16(3)15-8)6-9-4-5-10(9)7-14-2/h9-10,14H,4-7H2,1-3H3. The van der Waals surface area contributed by atoms with Crippen LogP contribution in [0.1, 0.15) is 24.1 Å². The van der Waals surface area contributed by atoms with E-state index in [-0.39, 0.29) is 0 Å². The zero-order valence-electron chi connectivity index (χ0n) is 10.3. The quantitative estimate of drug-likeness (QED) is 0.876. The first-order valence-electron chi connectivity index (χ1n) is 5.96. The molecule has 1 aromatic rings. The highest BCUT2D eigenvalue weighted by Gasteiger charge is 2.31. The molecular weight excluding hydrogens is 222 g/mol. The van der Waals surface area contributed by atoms with E-state index in [2.05, 4.69) is 10.4 Å². The van der Waals surface area contributed by atoms with E-state index < -0.39 is 0 Å². The molecule has 1 aliphatic rings. The lowest BCUT2D eigenvalue weighted by Gasteiger charge is -2.36. The second-order valence-electron chi connectivity index (χ2n) is 4.84.